The molecule has 0 saturated heterocycles. The first-order valence-electron chi connectivity index (χ1n) is 13.0. The van der Waals surface area contributed by atoms with Gasteiger partial charge >= 0.3 is 0 Å². The van der Waals surface area contributed by atoms with Crippen LogP contribution in [-0.2, 0) is 12.0 Å². The minimum atomic E-state index is -0.181. The molecule has 0 bridgehead atoms. The fraction of sp³-hybridized carbons (Fsp3) is 0.600. The van der Waals surface area contributed by atoms with Gasteiger partial charge in [-0.1, -0.05) is 108 Å². The molecule has 2 nitrogen and oxygen atoms in total. The number of rotatable bonds is 12. The fourth-order valence-electron chi connectivity index (χ4n) is 5.09. The summed E-state index contributed by atoms with van der Waals surface area (Å²) in [4.78, 5) is 0. The molecule has 2 atom stereocenters. The summed E-state index contributed by atoms with van der Waals surface area (Å²) in [6, 6.07) is 17.3. The van der Waals surface area contributed by atoms with Gasteiger partial charge in [-0.25, -0.2) is 0 Å². The first kappa shape index (κ1) is 24.8. The highest BCUT2D eigenvalue weighted by Gasteiger charge is 2.27. The van der Waals surface area contributed by atoms with Gasteiger partial charge in [0.05, 0.1) is 6.10 Å². The van der Waals surface area contributed by atoms with Crippen molar-refractivity contribution in [1.82, 2.24) is 0 Å². The second kappa shape index (κ2) is 12.4. The van der Waals surface area contributed by atoms with Crippen molar-refractivity contribution in [2.75, 3.05) is 0 Å². The van der Waals surface area contributed by atoms with Crippen molar-refractivity contribution in [3.05, 3.63) is 65.2 Å². The van der Waals surface area contributed by atoms with Gasteiger partial charge < -0.3 is 9.84 Å². The van der Waals surface area contributed by atoms with E-state index in [2.05, 4.69) is 63.2 Å². The van der Waals surface area contributed by atoms with Crippen LogP contribution in [0.1, 0.15) is 114 Å². The molecule has 1 fully saturated rings. The Morgan fingerprint density at radius 2 is 1.69 bits per heavy atom. The monoisotopic (exact) mass is 436 g/mol. The van der Waals surface area contributed by atoms with Gasteiger partial charge in [-0.2, -0.15) is 0 Å². The van der Waals surface area contributed by atoms with Crippen LogP contribution in [-0.4, -0.2) is 11.2 Å². The molecule has 0 amide bonds. The molecular formula is C30H44O2. The molecule has 0 heterocycles. The number of benzene rings is 2. The molecule has 0 radical (unpaired) electrons. The van der Waals surface area contributed by atoms with E-state index in [0.29, 0.717) is 12.5 Å². The van der Waals surface area contributed by atoms with Crippen LogP contribution in [0.2, 0.25) is 0 Å². The number of aliphatic hydroxyl groups excluding tert-OH is 1. The summed E-state index contributed by atoms with van der Waals surface area (Å²) in [5.41, 5.74) is 3.98. The quantitative estimate of drug-likeness (QED) is 0.339. The van der Waals surface area contributed by atoms with Gasteiger partial charge in [0.2, 0.25) is 0 Å². The largest absolute Gasteiger partial charge is 0.489 e. The van der Waals surface area contributed by atoms with E-state index in [-0.39, 0.29) is 11.5 Å². The van der Waals surface area contributed by atoms with E-state index in [1.54, 1.807) is 0 Å². The second-order valence-electron chi connectivity index (χ2n) is 10.4. The van der Waals surface area contributed by atoms with Gasteiger partial charge in [0.15, 0.2) is 0 Å². The number of hydrogen-bond donors (Lipinski definition) is 1. The first-order chi connectivity index (χ1) is 15.5. The molecule has 176 valence electrons. The van der Waals surface area contributed by atoms with Gasteiger partial charge in [-0.15, -0.1) is 0 Å². The van der Waals surface area contributed by atoms with E-state index in [9.17, 15) is 5.11 Å². The van der Waals surface area contributed by atoms with Crippen molar-refractivity contribution in [3.8, 4) is 5.75 Å². The summed E-state index contributed by atoms with van der Waals surface area (Å²) in [6.07, 6.45) is 13.1. The Bertz CT molecular complexity index is 796. The topological polar surface area (TPSA) is 29.5 Å². The fourth-order valence-corrected chi connectivity index (χ4v) is 5.09. The summed E-state index contributed by atoms with van der Waals surface area (Å²) < 4.78 is 6.44. The van der Waals surface area contributed by atoms with Crippen LogP contribution in [0.5, 0.6) is 5.75 Å². The van der Waals surface area contributed by atoms with Crippen molar-refractivity contribution < 1.29 is 9.84 Å². The van der Waals surface area contributed by atoms with Crippen molar-refractivity contribution in [2.24, 2.45) is 0 Å². The highest BCUT2D eigenvalue weighted by atomic mass is 16.5. The van der Waals surface area contributed by atoms with E-state index in [4.69, 9.17) is 4.74 Å². The van der Waals surface area contributed by atoms with Crippen molar-refractivity contribution in [1.29, 1.82) is 0 Å². The molecule has 0 aliphatic heterocycles. The standard InChI is InChI=1S/C30H44O2/c1-4-5-6-7-8-12-20-30(2,3)26-18-19-28(25-16-13-17-27(31)21-25)29(22-26)32-23-24-14-10-9-11-15-24/h9-11,14-15,18-19,22,25,27,31H,4-8,12-13,16-17,20-21,23H2,1-3H3/t25-,27+/m0/s1. The van der Waals surface area contributed by atoms with Crippen molar-refractivity contribution in [3.63, 3.8) is 0 Å². The Morgan fingerprint density at radius 3 is 2.44 bits per heavy atom. The lowest BCUT2D eigenvalue weighted by Crippen LogP contribution is -2.20. The van der Waals surface area contributed by atoms with E-state index >= 15 is 0 Å². The number of unbranched alkanes of at least 4 members (excludes halogenated alkanes) is 5. The van der Waals surface area contributed by atoms with Crippen LogP contribution < -0.4 is 4.74 Å². The molecule has 2 aromatic rings. The van der Waals surface area contributed by atoms with Crippen LogP contribution in [0, 0.1) is 0 Å². The molecule has 3 rings (SSSR count). The third-order valence-electron chi connectivity index (χ3n) is 7.27. The normalized spacial score (nSPS) is 19.1. The lowest BCUT2D eigenvalue weighted by atomic mass is 9.77. The summed E-state index contributed by atoms with van der Waals surface area (Å²) in [7, 11) is 0. The first-order valence-corrected chi connectivity index (χ1v) is 13.0. The van der Waals surface area contributed by atoms with Crippen molar-refractivity contribution >= 4 is 0 Å². The Hall–Kier alpha value is -1.80. The van der Waals surface area contributed by atoms with Gasteiger partial charge in [-0.3, -0.25) is 0 Å². The van der Waals surface area contributed by atoms with E-state index in [1.807, 2.05) is 6.07 Å². The van der Waals surface area contributed by atoms with Crippen LogP contribution in [0.4, 0.5) is 0 Å². The predicted octanol–water partition coefficient (Wildman–Crippen LogP) is 8.31. The predicted molar refractivity (Wildman–Crippen MR) is 135 cm³/mol. The van der Waals surface area contributed by atoms with Crippen LogP contribution in [0.15, 0.2) is 48.5 Å². The lowest BCUT2D eigenvalue weighted by Gasteiger charge is -2.30. The van der Waals surface area contributed by atoms with Gasteiger partial charge in [-0.05, 0) is 59.8 Å². The van der Waals surface area contributed by atoms with Crippen LogP contribution >= 0.6 is 0 Å². The maximum atomic E-state index is 10.3. The minimum Gasteiger partial charge on any atom is -0.489 e. The maximum Gasteiger partial charge on any atom is 0.123 e. The Balaban J connectivity index is 1.73. The van der Waals surface area contributed by atoms with Gasteiger partial charge in [0.25, 0.3) is 0 Å². The lowest BCUT2D eigenvalue weighted by molar-refractivity contribution is 0.118. The van der Waals surface area contributed by atoms with Crippen LogP contribution in [0.3, 0.4) is 0 Å². The summed E-state index contributed by atoms with van der Waals surface area (Å²) >= 11 is 0. The molecule has 32 heavy (non-hydrogen) atoms. The molecule has 1 aliphatic carbocycles. The average molecular weight is 437 g/mol. The molecule has 1 aliphatic rings. The smallest absolute Gasteiger partial charge is 0.123 e. The van der Waals surface area contributed by atoms with Crippen molar-refractivity contribution in [2.45, 2.75) is 115 Å². The molecular weight excluding hydrogens is 392 g/mol. The number of aliphatic hydroxyl groups is 1. The highest BCUT2D eigenvalue weighted by molar-refractivity contribution is 5.43. The molecule has 0 unspecified atom stereocenters. The molecule has 2 aromatic carbocycles. The molecule has 1 N–H and O–H groups in total. The molecule has 2 heteroatoms. The number of ether oxygens (including phenoxy) is 1. The zero-order chi connectivity index (χ0) is 22.8. The highest BCUT2D eigenvalue weighted by Crippen LogP contribution is 2.41. The summed E-state index contributed by atoms with van der Waals surface area (Å²) in [5.74, 6) is 1.40. The third kappa shape index (κ3) is 7.37. The average Bonchev–Trinajstić information content (AvgIpc) is 2.80. The summed E-state index contributed by atoms with van der Waals surface area (Å²) in [5, 5.41) is 10.3. The Kier molecular flexibility index (Phi) is 9.66. The summed E-state index contributed by atoms with van der Waals surface area (Å²) in [6.45, 7) is 7.61. The minimum absolute atomic E-state index is 0.139. The van der Waals surface area contributed by atoms with E-state index in [1.165, 1.54) is 61.6 Å². The Labute approximate surface area is 196 Å². The van der Waals surface area contributed by atoms with E-state index in [0.717, 1.165) is 31.4 Å². The second-order valence-corrected chi connectivity index (χ2v) is 10.4. The molecule has 0 spiro atoms. The molecule has 1 saturated carbocycles. The van der Waals surface area contributed by atoms with E-state index < -0.39 is 0 Å². The number of hydrogen-bond acceptors (Lipinski definition) is 2. The van der Waals surface area contributed by atoms with Gasteiger partial charge in [0, 0.05) is 0 Å². The zero-order valence-electron chi connectivity index (χ0n) is 20.6. The zero-order valence-corrected chi connectivity index (χ0v) is 20.6. The molecule has 0 aromatic heterocycles. The Morgan fingerprint density at radius 1 is 0.938 bits per heavy atom. The van der Waals surface area contributed by atoms with Gasteiger partial charge in [0.1, 0.15) is 12.4 Å². The third-order valence-corrected chi connectivity index (χ3v) is 7.27. The SMILES string of the molecule is CCCCCCCCC(C)(C)c1ccc([C@H]2CCC[C@@H](O)C2)c(OCc2ccccc2)c1. The van der Waals surface area contributed by atoms with Crippen LogP contribution in [0.25, 0.3) is 0 Å². The maximum absolute atomic E-state index is 10.3.